The van der Waals surface area contributed by atoms with Crippen molar-refractivity contribution in [3.63, 3.8) is 0 Å². The first-order valence-corrected chi connectivity index (χ1v) is 7.77. The van der Waals surface area contributed by atoms with E-state index in [1.165, 1.54) is 38.2 Å². The quantitative estimate of drug-likeness (QED) is 0.819. The van der Waals surface area contributed by atoms with Crippen LogP contribution in [0.5, 0.6) is 0 Å². The predicted molar refractivity (Wildman–Crippen MR) is 79.1 cm³/mol. The van der Waals surface area contributed by atoms with Gasteiger partial charge in [0.15, 0.2) is 0 Å². The summed E-state index contributed by atoms with van der Waals surface area (Å²) in [4.78, 5) is 2.56. The minimum absolute atomic E-state index is 0.816. The molecule has 0 spiro atoms. The zero-order valence-electron chi connectivity index (χ0n) is 12.4. The maximum absolute atomic E-state index is 4.42. The van der Waals surface area contributed by atoms with E-state index in [0.29, 0.717) is 0 Å². The average molecular weight is 264 g/mol. The molecule has 1 unspecified atom stereocenters. The van der Waals surface area contributed by atoms with Crippen LogP contribution in [0.15, 0.2) is 12.3 Å². The van der Waals surface area contributed by atoms with Crippen LogP contribution in [0.25, 0.3) is 0 Å². The molecule has 1 N–H and O–H groups in total. The van der Waals surface area contributed by atoms with Crippen molar-refractivity contribution in [2.75, 3.05) is 26.2 Å². The number of aromatic nitrogens is 2. The summed E-state index contributed by atoms with van der Waals surface area (Å²) in [6, 6.07) is 2.16. The smallest absolute Gasteiger partial charge is 0.0524 e. The second-order valence-corrected chi connectivity index (χ2v) is 5.59. The standard InChI is InChI=1S/C15H28N4/c1-3-10-19-15(7-9-17-19)13-18(4-2)12-14-6-5-8-16-11-14/h7,9,14,16H,3-6,8,10-13H2,1-2H3. The summed E-state index contributed by atoms with van der Waals surface area (Å²) in [6.45, 7) is 11.2. The van der Waals surface area contributed by atoms with Gasteiger partial charge in [-0.3, -0.25) is 9.58 Å². The highest BCUT2D eigenvalue weighted by Gasteiger charge is 2.17. The lowest BCUT2D eigenvalue weighted by atomic mass is 9.99. The van der Waals surface area contributed by atoms with E-state index in [1.807, 2.05) is 6.20 Å². The molecule has 2 heterocycles. The van der Waals surface area contributed by atoms with Gasteiger partial charge in [-0.25, -0.2) is 0 Å². The van der Waals surface area contributed by atoms with Gasteiger partial charge in [-0.2, -0.15) is 5.10 Å². The van der Waals surface area contributed by atoms with Crippen molar-refractivity contribution < 1.29 is 0 Å². The molecule has 0 bridgehead atoms. The lowest BCUT2D eigenvalue weighted by molar-refractivity contribution is 0.205. The first kappa shape index (κ1) is 14.5. The Morgan fingerprint density at radius 1 is 1.47 bits per heavy atom. The van der Waals surface area contributed by atoms with E-state index in [4.69, 9.17) is 0 Å². The van der Waals surface area contributed by atoms with Crippen LogP contribution in [0.3, 0.4) is 0 Å². The average Bonchev–Trinajstić information content (AvgIpc) is 2.87. The van der Waals surface area contributed by atoms with E-state index in [9.17, 15) is 0 Å². The van der Waals surface area contributed by atoms with Gasteiger partial charge < -0.3 is 5.32 Å². The number of hydrogen-bond acceptors (Lipinski definition) is 3. The highest BCUT2D eigenvalue weighted by Crippen LogP contribution is 2.14. The molecule has 1 aliphatic rings. The van der Waals surface area contributed by atoms with E-state index in [-0.39, 0.29) is 0 Å². The van der Waals surface area contributed by atoms with Crippen molar-refractivity contribution in [3.8, 4) is 0 Å². The highest BCUT2D eigenvalue weighted by atomic mass is 15.3. The van der Waals surface area contributed by atoms with Crippen LogP contribution in [0.2, 0.25) is 0 Å². The van der Waals surface area contributed by atoms with E-state index in [0.717, 1.165) is 32.0 Å². The van der Waals surface area contributed by atoms with Gasteiger partial charge in [0, 0.05) is 25.8 Å². The molecule has 1 aromatic rings. The van der Waals surface area contributed by atoms with Crippen molar-refractivity contribution in [3.05, 3.63) is 18.0 Å². The van der Waals surface area contributed by atoms with Crippen molar-refractivity contribution in [2.24, 2.45) is 5.92 Å². The van der Waals surface area contributed by atoms with Gasteiger partial charge in [0.2, 0.25) is 0 Å². The minimum Gasteiger partial charge on any atom is -0.316 e. The van der Waals surface area contributed by atoms with Crippen LogP contribution in [0.4, 0.5) is 0 Å². The van der Waals surface area contributed by atoms with E-state index in [2.05, 4.69) is 39.9 Å². The van der Waals surface area contributed by atoms with Crippen LogP contribution in [0, 0.1) is 5.92 Å². The van der Waals surface area contributed by atoms with Crippen LogP contribution in [-0.4, -0.2) is 40.9 Å². The topological polar surface area (TPSA) is 33.1 Å². The number of aryl methyl sites for hydroxylation is 1. The Balaban J connectivity index is 1.88. The van der Waals surface area contributed by atoms with Gasteiger partial charge in [0.1, 0.15) is 0 Å². The minimum atomic E-state index is 0.816. The Hall–Kier alpha value is -0.870. The van der Waals surface area contributed by atoms with Crippen molar-refractivity contribution in [1.29, 1.82) is 0 Å². The third-order valence-corrected chi connectivity index (χ3v) is 3.99. The third-order valence-electron chi connectivity index (χ3n) is 3.99. The fourth-order valence-electron chi connectivity index (χ4n) is 2.89. The van der Waals surface area contributed by atoms with E-state index >= 15 is 0 Å². The summed E-state index contributed by atoms with van der Waals surface area (Å²) in [5.41, 5.74) is 1.35. The van der Waals surface area contributed by atoms with Crippen molar-refractivity contribution in [1.82, 2.24) is 20.0 Å². The maximum Gasteiger partial charge on any atom is 0.0524 e. The summed E-state index contributed by atoms with van der Waals surface area (Å²) in [7, 11) is 0. The molecule has 1 aromatic heterocycles. The van der Waals surface area contributed by atoms with Crippen LogP contribution in [-0.2, 0) is 13.1 Å². The summed E-state index contributed by atoms with van der Waals surface area (Å²) in [6.07, 6.45) is 5.78. The molecule has 2 rings (SSSR count). The Morgan fingerprint density at radius 2 is 2.37 bits per heavy atom. The summed E-state index contributed by atoms with van der Waals surface area (Å²) < 4.78 is 2.15. The first-order valence-electron chi connectivity index (χ1n) is 7.77. The lowest BCUT2D eigenvalue weighted by Gasteiger charge is -2.29. The fourth-order valence-corrected chi connectivity index (χ4v) is 2.89. The maximum atomic E-state index is 4.42. The second-order valence-electron chi connectivity index (χ2n) is 5.59. The molecule has 4 heteroatoms. The molecule has 1 saturated heterocycles. The molecule has 0 radical (unpaired) electrons. The molecule has 1 fully saturated rings. The Bertz CT molecular complexity index is 355. The van der Waals surface area contributed by atoms with Gasteiger partial charge in [-0.15, -0.1) is 0 Å². The van der Waals surface area contributed by atoms with Gasteiger partial charge in [-0.05, 0) is 50.9 Å². The van der Waals surface area contributed by atoms with Crippen LogP contribution >= 0.6 is 0 Å². The summed E-state index contributed by atoms with van der Waals surface area (Å²) >= 11 is 0. The fraction of sp³-hybridized carbons (Fsp3) is 0.800. The molecule has 0 aromatic carbocycles. The second kappa shape index (κ2) is 7.65. The predicted octanol–water partition coefficient (Wildman–Crippen LogP) is 2.11. The molecule has 0 saturated carbocycles. The van der Waals surface area contributed by atoms with Crippen LogP contribution in [0.1, 0.15) is 38.8 Å². The van der Waals surface area contributed by atoms with Gasteiger partial charge in [-0.1, -0.05) is 13.8 Å². The van der Waals surface area contributed by atoms with Crippen molar-refractivity contribution in [2.45, 2.75) is 46.2 Å². The number of piperidine rings is 1. The number of hydrogen-bond donors (Lipinski definition) is 1. The zero-order valence-corrected chi connectivity index (χ0v) is 12.4. The molecule has 0 aliphatic carbocycles. The lowest BCUT2D eigenvalue weighted by Crippen LogP contribution is -2.38. The molecule has 1 aliphatic heterocycles. The van der Waals surface area contributed by atoms with Gasteiger partial charge >= 0.3 is 0 Å². The highest BCUT2D eigenvalue weighted by molar-refractivity contribution is 5.00. The summed E-state index contributed by atoms with van der Waals surface area (Å²) in [5.74, 6) is 0.816. The van der Waals surface area contributed by atoms with Crippen molar-refractivity contribution >= 4 is 0 Å². The Labute approximate surface area is 117 Å². The molecule has 0 amide bonds. The van der Waals surface area contributed by atoms with Crippen LogP contribution < -0.4 is 5.32 Å². The zero-order chi connectivity index (χ0) is 13.5. The molecule has 4 nitrogen and oxygen atoms in total. The Kier molecular flexibility index (Phi) is 5.86. The van der Waals surface area contributed by atoms with E-state index in [1.54, 1.807) is 0 Å². The van der Waals surface area contributed by atoms with Gasteiger partial charge in [0.25, 0.3) is 0 Å². The van der Waals surface area contributed by atoms with E-state index < -0.39 is 0 Å². The molecule has 19 heavy (non-hydrogen) atoms. The molecular weight excluding hydrogens is 236 g/mol. The number of rotatable bonds is 7. The third kappa shape index (κ3) is 4.32. The van der Waals surface area contributed by atoms with Gasteiger partial charge in [0.05, 0.1) is 5.69 Å². The largest absolute Gasteiger partial charge is 0.316 e. The monoisotopic (exact) mass is 264 g/mol. The summed E-state index contributed by atoms with van der Waals surface area (Å²) in [5, 5.41) is 7.93. The molecular formula is C15H28N4. The number of nitrogens with zero attached hydrogens (tertiary/aromatic N) is 3. The molecule has 108 valence electrons. The Morgan fingerprint density at radius 3 is 3.05 bits per heavy atom. The normalized spacial score (nSPS) is 20.1. The number of nitrogens with one attached hydrogen (secondary N) is 1. The molecule has 1 atom stereocenters. The SMILES string of the molecule is CCCn1nccc1CN(CC)CC1CCCNC1. The first-order chi connectivity index (χ1) is 9.33.